The third-order valence-electron chi connectivity index (χ3n) is 3.31. The Morgan fingerprint density at radius 2 is 2.35 bits per heavy atom. The second-order valence-electron chi connectivity index (χ2n) is 4.52. The Kier molecular flexibility index (Phi) is 2.25. The molecule has 6 nitrogen and oxygen atoms in total. The van der Waals surface area contributed by atoms with E-state index in [0.29, 0.717) is 11.7 Å². The van der Waals surface area contributed by atoms with Crippen molar-refractivity contribution in [1.82, 2.24) is 20.1 Å². The standard InChI is InChI=1S/C11H15N5O/c1-2-8-15-9(17-16-8)7-6-13-10(14-7)11(12)4-3-5-11/h6H,2-5,12H2,1H3,(H,13,14). The number of hydrogen-bond acceptors (Lipinski definition) is 5. The summed E-state index contributed by atoms with van der Waals surface area (Å²) in [7, 11) is 0. The lowest BCUT2D eigenvalue weighted by Gasteiger charge is -2.35. The highest BCUT2D eigenvalue weighted by molar-refractivity contribution is 5.45. The van der Waals surface area contributed by atoms with Crippen molar-refractivity contribution in [3.63, 3.8) is 0 Å². The fourth-order valence-electron chi connectivity index (χ4n) is 1.98. The molecule has 2 aromatic rings. The van der Waals surface area contributed by atoms with E-state index in [1.807, 2.05) is 6.92 Å². The zero-order valence-corrected chi connectivity index (χ0v) is 9.73. The van der Waals surface area contributed by atoms with E-state index in [9.17, 15) is 0 Å². The largest absolute Gasteiger partial charge is 0.336 e. The number of hydrogen-bond donors (Lipinski definition) is 2. The molecule has 0 radical (unpaired) electrons. The zero-order chi connectivity index (χ0) is 11.9. The normalized spacial score (nSPS) is 18.0. The molecular formula is C11H15N5O. The Labute approximate surface area is 98.6 Å². The van der Waals surface area contributed by atoms with E-state index in [1.54, 1.807) is 6.20 Å². The first kappa shape index (κ1) is 10.5. The van der Waals surface area contributed by atoms with Gasteiger partial charge >= 0.3 is 0 Å². The van der Waals surface area contributed by atoms with Crippen molar-refractivity contribution in [2.24, 2.45) is 5.73 Å². The molecule has 6 heteroatoms. The maximum absolute atomic E-state index is 6.19. The van der Waals surface area contributed by atoms with Crippen LogP contribution < -0.4 is 5.73 Å². The van der Waals surface area contributed by atoms with Crippen molar-refractivity contribution in [2.75, 3.05) is 0 Å². The van der Waals surface area contributed by atoms with Crippen LogP contribution in [0.1, 0.15) is 37.8 Å². The van der Waals surface area contributed by atoms with Gasteiger partial charge in [-0.1, -0.05) is 12.1 Å². The second kappa shape index (κ2) is 3.66. The highest BCUT2D eigenvalue weighted by Gasteiger charge is 2.37. The fourth-order valence-corrected chi connectivity index (χ4v) is 1.98. The summed E-state index contributed by atoms with van der Waals surface area (Å²) in [5.74, 6) is 1.99. The van der Waals surface area contributed by atoms with Crippen molar-refractivity contribution in [3.05, 3.63) is 17.8 Å². The molecule has 0 saturated heterocycles. The van der Waals surface area contributed by atoms with Gasteiger partial charge in [-0.3, -0.25) is 0 Å². The molecule has 0 aromatic carbocycles. The molecule has 2 aromatic heterocycles. The first-order valence-corrected chi connectivity index (χ1v) is 5.88. The maximum Gasteiger partial charge on any atom is 0.275 e. The number of imidazole rings is 1. The number of nitrogens with two attached hydrogens (primary N) is 1. The van der Waals surface area contributed by atoms with Gasteiger partial charge in [-0.15, -0.1) is 0 Å². The van der Waals surface area contributed by atoms with Gasteiger partial charge in [0.25, 0.3) is 5.89 Å². The predicted molar refractivity (Wildman–Crippen MR) is 61.0 cm³/mol. The van der Waals surface area contributed by atoms with Crippen LogP contribution in [0.25, 0.3) is 11.6 Å². The van der Waals surface area contributed by atoms with Crippen LogP contribution in [-0.2, 0) is 12.0 Å². The lowest BCUT2D eigenvalue weighted by molar-refractivity contribution is 0.240. The van der Waals surface area contributed by atoms with Gasteiger partial charge in [0, 0.05) is 6.42 Å². The average molecular weight is 233 g/mol. The molecule has 1 fully saturated rings. The van der Waals surface area contributed by atoms with Crippen LogP contribution >= 0.6 is 0 Å². The lowest BCUT2D eigenvalue weighted by atomic mass is 9.77. The highest BCUT2D eigenvalue weighted by atomic mass is 16.5. The fraction of sp³-hybridized carbons (Fsp3) is 0.545. The number of aromatic amines is 1. The van der Waals surface area contributed by atoms with Crippen LogP contribution in [0, 0.1) is 0 Å². The van der Waals surface area contributed by atoms with Gasteiger partial charge in [-0.2, -0.15) is 4.98 Å². The lowest BCUT2D eigenvalue weighted by Crippen LogP contribution is -2.44. The summed E-state index contributed by atoms with van der Waals surface area (Å²) in [5.41, 5.74) is 6.64. The molecule has 17 heavy (non-hydrogen) atoms. The Morgan fingerprint density at radius 1 is 1.53 bits per heavy atom. The van der Waals surface area contributed by atoms with E-state index in [1.165, 1.54) is 0 Å². The summed E-state index contributed by atoms with van der Waals surface area (Å²) in [6.07, 6.45) is 5.57. The Balaban J connectivity index is 1.89. The molecule has 0 atom stereocenters. The smallest absolute Gasteiger partial charge is 0.275 e. The van der Waals surface area contributed by atoms with Crippen molar-refractivity contribution in [3.8, 4) is 11.6 Å². The molecule has 0 spiro atoms. The van der Waals surface area contributed by atoms with Gasteiger partial charge in [0.15, 0.2) is 5.82 Å². The van der Waals surface area contributed by atoms with Crippen molar-refractivity contribution < 1.29 is 4.52 Å². The molecular weight excluding hydrogens is 218 g/mol. The average Bonchev–Trinajstić information content (AvgIpc) is 2.94. The second-order valence-corrected chi connectivity index (χ2v) is 4.52. The highest BCUT2D eigenvalue weighted by Crippen LogP contribution is 2.37. The predicted octanol–water partition coefficient (Wildman–Crippen LogP) is 1.36. The van der Waals surface area contributed by atoms with Crippen molar-refractivity contribution in [1.29, 1.82) is 0 Å². The quantitative estimate of drug-likeness (QED) is 0.834. The topological polar surface area (TPSA) is 93.6 Å². The number of nitrogens with one attached hydrogen (secondary N) is 1. The third-order valence-corrected chi connectivity index (χ3v) is 3.31. The summed E-state index contributed by atoms with van der Waals surface area (Å²) < 4.78 is 5.15. The molecule has 0 unspecified atom stereocenters. The summed E-state index contributed by atoms with van der Waals surface area (Å²) in [4.78, 5) is 11.7. The molecule has 90 valence electrons. The van der Waals surface area contributed by atoms with Crippen LogP contribution in [0.4, 0.5) is 0 Å². The Hall–Kier alpha value is -1.69. The van der Waals surface area contributed by atoms with Crippen LogP contribution in [-0.4, -0.2) is 20.1 Å². The van der Waals surface area contributed by atoms with E-state index >= 15 is 0 Å². The minimum atomic E-state index is -0.286. The third kappa shape index (κ3) is 1.64. The minimum absolute atomic E-state index is 0.286. The van der Waals surface area contributed by atoms with Crippen LogP contribution in [0.2, 0.25) is 0 Å². The molecule has 0 amide bonds. The number of aryl methyl sites for hydroxylation is 1. The van der Waals surface area contributed by atoms with E-state index in [2.05, 4.69) is 20.1 Å². The van der Waals surface area contributed by atoms with Crippen molar-refractivity contribution >= 4 is 0 Å². The summed E-state index contributed by atoms with van der Waals surface area (Å²) >= 11 is 0. The summed E-state index contributed by atoms with van der Waals surface area (Å²) in [5, 5.41) is 3.85. The van der Waals surface area contributed by atoms with Gasteiger partial charge in [-0.25, -0.2) is 4.98 Å². The minimum Gasteiger partial charge on any atom is -0.336 e. The van der Waals surface area contributed by atoms with Crippen LogP contribution in [0.5, 0.6) is 0 Å². The van der Waals surface area contributed by atoms with Crippen LogP contribution in [0.3, 0.4) is 0 Å². The molecule has 0 bridgehead atoms. The molecule has 1 aliphatic rings. The van der Waals surface area contributed by atoms with E-state index in [0.717, 1.165) is 37.2 Å². The van der Waals surface area contributed by atoms with E-state index < -0.39 is 0 Å². The van der Waals surface area contributed by atoms with E-state index in [4.69, 9.17) is 10.3 Å². The summed E-state index contributed by atoms with van der Waals surface area (Å²) in [6, 6.07) is 0. The number of aromatic nitrogens is 4. The maximum atomic E-state index is 6.19. The van der Waals surface area contributed by atoms with Gasteiger partial charge in [0.1, 0.15) is 11.5 Å². The van der Waals surface area contributed by atoms with Gasteiger partial charge in [-0.05, 0) is 19.3 Å². The van der Waals surface area contributed by atoms with Crippen molar-refractivity contribution in [2.45, 2.75) is 38.1 Å². The molecule has 3 N–H and O–H groups in total. The monoisotopic (exact) mass is 233 g/mol. The summed E-state index contributed by atoms with van der Waals surface area (Å²) in [6.45, 7) is 1.98. The van der Waals surface area contributed by atoms with Gasteiger partial charge < -0.3 is 15.2 Å². The number of H-pyrrole nitrogens is 1. The molecule has 2 heterocycles. The zero-order valence-electron chi connectivity index (χ0n) is 9.73. The first-order chi connectivity index (χ1) is 8.21. The Bertz CT molecular complexity index is 525. The SMILES string of the molecule is CCc1noc(-c2cnc(C3(N)CCC3)[nH]2)n1. The van der Waals surface area contributed by atoms with E-state index in [-0.39, 0.29) is 5.54 Å². The Morgan fingerprint density at radius 3 is 2.94 bits per heavy atom. The molecule has 1 aliphatic carbocycles. The first-order valence-electron chi connectivity index (χ1n) is 5.88. The van der Waals surface area contributed by atoms with Gasteiger partial charge in [0.05, 0.1) is 11.7 Å². The van der Waals surface area contributed by atoms with Gasteiger partial charge in [0.2, 0.25) is 0 Å². The number of nitrogens with zero attached hydrogens (tertiary/aromatic N) is 3. The molecule has 3 rings (SSSR count). The molecule has 0 aliphatic heterocycles. The number of rotatable bonds is 3. The molecule has 1 saturated carbocycles. The van der Waals surface area contributed by atoms with Crippen LogP contribution in [0.15, 0.2) is 10.7 Å².